The fourth-order valence-electron chi connectivity index (χ4n) is 5.64. The van der Waals surface area contributed by atoms with E-state index < -0.39 is 24.0 Å². The Bertz CT molecular complexity index is 1310. The number of carbonyl (C=O) groups excluding carboxylic acids is 2. The van der Waals surface area contributed by atoms with E-state index in [9.17, 15) is 22.8 Å². The molecule has 1 aromatic carbocycles. The molecule has 1 aromatic heterocycles. The fourth-order valence-corrected chi connectivity index (χ4v) is 5.64. The van der Waals surface area contributed by atoms with Crippen molar-refractivity contribution in [3.8, 4) is 11.8 Å². The van der Waals surface area contributed by atoms with Crippen LogP contribution >= 0.6 is 0 Å². The average Bonchev–Trinajstić information content (AvgIpc) is 3.43. The molecule has 0 aliphatic carbocycles. The van der Waals surface area contributed by atoms with Gasteiger partial charge in [0.2, 0.25) is 11.8 Å². The highest BCUT2D eigenvalue weighted by atomic mass is 19.4. The summed E-state index contributed by atoms with van der Waals surface area (Å²) in [5.41, 5.74) is 6.90. The highest BCUT2D eigenvalue weighted by Crippen LogP contribution is 2.38. The average molecular weight is 587 g/mol. The van der Waals surface area contributed by atoms with Crippen LogP contribution < -0.4 is 25.8 Å². The van der Waals surface area contributed by atoms with Crippen LogP contribution in [0.5, 0.6) is 5.75 Å². The van der Waals surface area contributed by atoms with Gasteiger partial charge in [-0.2, -0.15) is 18.4 Å². The molecule has 0 radical (unpaired) electrons. The van der Waals surface area contributed by atoms with Crippen molar-refractivity contribution in [3.63, 3.8) is 0 Å². The molecular weight excluding hydrogens is 553 g/mol. The normalized spacial score (nSPS) is 21.0. The van der Waals surface area contributed by atoms with Crippen LogP contribution in [0.4, 0.5) is 19.0 Å². The van der Waals surface area contributed by atoms with E-state index in [1.165, 1.54) is 0 Å². The standard InChI is InChI=1S/C28H33F3N8O3/c29-28(30,31)26-22(16-35-36-27(26)41)39-17-20-2-1-3-23(21(20)18-39)42-13-8-33-7-6-25(40)38-11-9-37(10-12-38)24-5-4-19(14-32)15-34-24/h1-5,15,22,26,33,35H,6-13,16-18H2,(H,36,41). The van der Waals surface area contributed by atoms with Gasteiger partial charge in [0.25, 0.3) is 0 Å². The third-order valence-electron chi connectivity index (χ3n) is 7.86. The molecule has 14 heteroatoms. The molecule has 3 N–H and O–H groups in total. The van der Waals surface area contributed by atoms with E-state index in [0.717, 1.165) is 16.9 Å². The number of rotatable bonds is 9. The Balaban J connectivity index is 1.03. The number of benzene rings is 1. The molecule has 4 heterocycles. The zero-order chi connectivity index (χ0) is 29.7. The van der Waals surface area contributed by atoms with Crippen LogP contribution in [-0.4, -0.2) is 91.2 Å². The molecule has 5 rings (SSSR count). The number of hydrogen-bond donors (Lipinski definition) is 3. The number of piperazine rings is 1. The zero-order valence-electron chi connectivity index (χ0n) is 23.0. The van der Waals surface area contributed by atoms with Crippen LogP contribution in [0.2, 0.25) is 0 Å². The number of alkyl halides is 3. The summed E-state index contributed by atoms with van der Waals surface area (Å²) < 4.78 is 46.9. The first kappa shape index (κ1) is 29.6. The van der Waals surface area contributed by atoms with Crippen LogP contribution in [0, 0.1) is 17.2 Å². The Kier molecular flexibility index (Phi) is 9.10. The minimum atomic E-state index is -4.64. The molecule has 3 aliphatic rings. The second-order valence-electron chi connectivity index (χ2n) is 10.5. The monoisotopic (exact) mass is 586 g/mol. The topological polar surface area (TPSA) is 126 Å². The minimum Gasteiger partial charge on any atom is -0.492 e. The van der Waals surface area contributed by atoms with Gasteiger partial charge in [0.15, 0.2) is 5.92 Å². The molecule has 2 unspecified atom stereocenters. The van der Waals surface area contributed by atoms with Gasteiger partial charge in [-0.05, 0) is 23.8 Å². The number of hydrogen-bond acceptors (Lipinski definition) is 9. The van der Waals surface area contributed by atoms with E-state index in [0.29, 0.717) is 70.2 Å². The van der Waals surface area contributed by atoms with Gasteiger partial charge >= 0.3 is 6.18 Å². The van der Waals surface area contributed by atoms with Gasteiger partial charge < -0.3 is 19.9 Å². The molecule has 2 aromatic rings. The summed E-state index contributed by atoms with van der Waals surface area (Å²) in [6, 6.07) is 10.1. The Morgan fingerprint density at radius 1 is 1.14 bits per heavy atom. The first-order valence-electron chi connectivity index (χ1n) is 13.9. The number of anilines is 1. The number of nitrogens with zero attached hydrogens (tertiary/aromatic N) is 5. The number of nitrogens with one attached hydrogen (secondary N) is 3. The Hall–Kier alpha value is -3.93. The van der Waals surface area contributed by atoms with E-state index >= 15 is 0 Å². The van der Waals surface area contributed by atoms with Gasteiger partial charge in [-0.25, -0.2) is 10.4 Å². The molecule has 11 nitrogen and oxygen atoms in total. The quantitative estimate of drug-likeness (QED) is 0.371. The maximum absolute atomic E-state index is 13.6. The molecule has 2 amide bonds. The van der Waals surface area contributed by atoms with Gasteiger partial charge in [0.05, 0.1) is 5.56 Å². The maximum Gasteiger partial charge on any atom is 0.402 e. The van der Waals surface area contributed by atoms with Crippen molar-refractivity contribution >= 4 is 17.6 Å². The van der Waals surface area contributed by atoms with Gasteiger partial charge in [0, 0.05) is 83.1 Å². The van der Waals surface area contributed by atoms with Crippen LogP contribution in [-0.2, 0) is 22.7 Å². The molecule has 2 saturated heterocycles. The van der Waals surface area contributed by atoms with Gasteiger partial charge in [-0.15, -0.1) is 0 Å². The number of carbonyl (C=O) groups is 2. The first-order chi connectivity index (χ1) is 20.2. The van der Waals surface area contributed by atoms with E-state index in [-0.39, 0.29) is 19.0 Å². The summed E-state index contributed by atoms with van der Waals surface area (Å²) >= 11 is 0. The zero-order valence-corrected chi connectivity index (χ0v) is 23.0. The fraction of sp³-hybridized carbons (Fsp3) is 0.500. The van der Waals surface area contributed by atoms with Crippen LogP contribution in [0.3, 0.4) is 0 Å². The van der Waals surface area contributed by atoms with Gasteiger partial charge in [0.1, 0.15) is 24.2 Å². The minimum absolute atomic E-state index is 0.00718. The van der Waals surface area contributed by atoms with Crippen molar-refractivity contribution < 1.29 is 27.5 Å². The van der Waals surface area contributed by atoms with Crippen molar-refractivity contribution in [3.05, 3.63) is 53.2 Å². The smallest absolute Gasteiger partial charge is 0.402 e. The maximum atomic E-state index is 13.6. The lowest BCUT2D eigenvalue weighted by atomic mass is 9.95. The highest BCUT2D eigenvalue weighted by molar-refractivity contribution is 5.80. The molecule has 0 spiro atoms. The first-order valence-corrected chi connectivity index (χ1v) is 13.9. The largest absolute Gasteiger partial charge is 0.492 e. The molecule has 2 atom stereocenters. The number of fused-ring (bicyclic) bond motifs is 1. The predicted molar refractivity (Wildman–Crippen MR) is 146 cm³/mol. The van der Waals surface area contributed by atoms with E-state index in [4.69, 9.17) is 10.00 Å². The van der Waals surface area contributed by atoms with Crippen LogP contribution in [0.1, 0.15) is 23.1 Å². The molecular formula is C28H33F3N8O3. The Morgan fingerprint density at radius 2 is 1.95 bits per heavy atom. The van der Waals surface area contributed by atoms with E-state index in [1.807, 2.05) is 23.1 Å². The summed E-state index contributed by atoms with van der Waals surface area (Å²) in [6.45, 7) is 4.43. The molecule has 224 valence electrons. The van der Waals surface area contributed by atoms with Crippen molar-refractivity contribution in [1.29, 1.82) is 5.26 Å². The number of pyridine rings is 1. The highest BCUT2D eigenvalue weighted by Gasteiger charge is 2.53. The number of amides is 2. The van der Waals surface area contributed by atoms with Crippen molar-refractivity contribution in [2.45, 2.75) is 31.7 Å². The van der Waals surface area contributed by atoms with Crippen LogP contribution in [0.15, 0.2) is 36.5 Å². The summed E-state index contributed by atoms with van der Waals surface area (Å²) in [6.07, 6.45) is -2.74. The number of aromatic nitrogens is 1. The predicted octanol–water partition coefficient (Wildman–Crippen LogP) is 1.16. The van der Waals surface area contributed by atoms with E-state index in [1.54, 1.807) is 23.2 Å². The molecule has 0 saturated carbocycles. The molecule has 3 aliphatic heterocycles. The number of halogens is 3. The second-order valence-corrected chi connectivity index (χ2v) is 10.5. The van der Waals surface area contributed by atoms with Crippen molar-refractivity contribution in [1.82, 2.24) is 31.0 Å². The molecule has 42 heavy (non-hydrogen) atoms. The summed E-state index contributed by atoms with van der Waals surface area (Å²) in [5.74, 6) is -1.70. The lowest BCUT2D eigenvalue weighted by Gasteiger charge is -2.38. The SMILES string of the molecule is N#Cc1ccc(N2CCN(C(=O)CCNCCOc3cccc4c3CN(C3CNNC(=O)C3C(F)(F)F)C4)CC2)nc1. The summed E-state index contributed by atoms with van der Waals surface area (Å²) in [4.78, 5) is 34.6. The molecule has 0 bridgehead atoms. The third kappa shape index (κ3) is 6.75. The molecule has 2 fully saturated rings. The van der Waals surface area contributed by atoms with E-state index in [2.05, 4.69) is 32.1 Å². The number of nitriles is 1. The lowest BCUT2D eigenvalue weighted by molar-refractivity contribution is -0.201. The summed E-state index contributed by atoms with van der Waals surface area (Å²) in [5, 5.41) is 12.1. The van der Waals surface area contributed by atoms with Crippen LogP contribution in [0.25, 0.3) is 0 Å². The number of ether oxygens (including phenoxy) is 1. The Morgan fingerprint density at radius 3 is 2.67 bits per heavy atom. The van der Waals surface area contributed by atoms with Gasteiger partial charge in [-0.1, -0.05) is 12.1 Å². The van der Waals surface area contributed by atoms with Crippen molar-refractivity contribution in [2.75, 3.05) is 57.3 Å². The Labute approximate surface area is 241 Å². The third-order valence-corrected chi connectivity index (χ3v) is 7.86. The lowest BCUT2D eigenvalue weighted by Crippen LogP contribution is -2.63. The van der Waals surface area contributed by atoms with Gasteiger partial charge in [-0.3, -0.25) is 19.9 Å². The second kappa shape index (κ2) is 12.9. The number of hydrazine groups is 1. The summed E-state index contributed by atoms with van der Waals surface area (Å²) in [7, 11) is 0. The van der Waals surface area contributed by atoms with Crippen molar-refractivity contribution in [2.24, 2.45) is 5.92 Å².